The Morgan fingerprint density at radius 3 is 2.61 bits per heavy atom. The van der Waals surface area contributed by atoms with E-state index in [-0.39, 0.29) is 0 Å². The third-order valence-electron chi connectivity index (χ3n) is 2.68. The lowest BCUT2D eigenvalue weighted by Crippen LogP contribution is -2.36. The third kappa shape index (κ3) is 6.38. The first-order valence-corrected chi connectivity index (χ1v) is 7.21. The van der Waals surface area contributed by atoms with E-state index in [0.717, 1.165) is 23.1 Å². The van der Waals surface area contributed by atoms with Crippen LogP contribution in [-0.4, -0.2) is 30.4 Å². The zero-order valence-corrected chi connectivity index (χ0v) is 12.6. The van der Waals surface area contributed by atoms with Gasteiger partial charge in [-0.2, -0.15) is 0 Å². The molecule has 1 aromatic rings. The molecule has 0 aliphatic rings. The molecule has 102 valence electrons. The number of aliphatic hydroxyl groups excluding tert-OH is 1. The average Bonchev–Trinajstić information content (AvgIpc) is 2.36. The summed E-state index contributed by atoms with van der Waals surface area (Å²) in [7, 11) is 0. The highest BCUT2D eigenvalue weighted by molar-refractivity contribution is 9.10. The van der Waals surface area contributed by atoms with Crippen LogP contribution in [0.15, 0.2) is 28.7 Å². The van der Waals surface area contributed by atoms with Crippen molar-refractivity contribution in [3.63, 3.8) is 0 Å². The summed E-state index contributed by atoms with van der Waals surface area (Å²) >= 11 is 3.37. The van der Waals surface area contributed by atoms with E-state index in [1.807, 2.05) is 24.3 Å². The molecule has 0 saturated heterocycles. The summed E-state index contributed by atoms with van der Waals surface area (Å²) in [6.07, 6.45) is 1.80. The highest BCUT2D eigenvalue weighted by Gasteiger charge is 2.07. The normalized spacial score (nSPS) is 14.2. The maximum absolute atomic E-state index is 9.79. The van der Waals surface area contributed by atoms with Gasteiger partial charge in [0, 0.05) is 17.1 Å². The fourth-order valence-corrected chi connectivity index (χ4v) is 1.92. The van der Waals surface area contributed by atoms with Crippen molar-refractivity contribution in [3.8, 4) is 5.75 Å². The quantitative estimate of drug-likeness (QED) is 0.775. The van der Waals surface area contributed by atoms with Gasteiger partial charge in [-0.1, -0.05) is 29.3 Å². The van der Waals surface area contributed by atoms with Gasteiger partial charge in [-0.25, -0.2) is 0 Å². The van der Waals surface area contributed by atoms with Gasteiger partial charge in [0.1, 0.15) is 18.5 Å². The lowest BCUT2D eigenvalue weighted by molar-refractivity contribution is 0.104. The molecule has 3 nitrogen and oxygen atoms in total. The smallest absolute Gasteiger partial charge is 0.119 e. The largest absolute Gasteiger partial charge is 0.491 e. The van der Waals surface area contributed by atoms with Gasteiger partial charge in [-0.05, 0) is 37.6 Å². The molecule has 0 aromatic heterocycles. The van der Waals surface area contributed by atoms with Crippen molar-refractivity contribution in [2.45, 2.75) is 38.8 Å². The number of nitrogens with one attached hydrogen (secondary N) is 1. The number of halogens is 1. The monoisotopic (exact) mass is 315 g/mol. The van der Waals surface area contributed by atoms with Crippen LogP contribution >= 0.6 is 15.9 Å². The number of hydrogen-bond acceptors (Lipinski definition) is 3. The third-order valence-corrected chi connectivity index (χ3v) is 3.21. The fourth-order valence-electron chi connectivity index (χ4n) is 1.65. The highest BCUT2D eigenvalue weighted by Crippen LogP contribution is 2.16. The van der Waals surface area contributed by atoms with Gasteiger partial charge in [0.2, 0.25) is 0 Å². The Kier molecular flexibility index (Phi) is 7.32. The molecule has 2 atom stereocenters. The summed E-state index contributed by atoms with van der Waals surface area (Å²) in [6.45, 7) is 5.17. The molecule has 0 amide bonds. The SMILES string of the molecule is CCCC(C)NCC(O)COc1ccc(Br)cc1. The maximum Gasteiger partial charge on any atom is 0.119 e. The van der Waals surface area contributed by atoms with Gasteiger partial charge in [-0.3, -0.25) is 0 Å². The molecule has 0 spiro atoms. The number of rotatable bonds is 8. The second-order valence-corrected chi connectivity index (χ2v) is 5.43. The van der Waals surface area contributed by atoms with Crippen LogP contribution in [-0.2, 0) is 0 Å². The summed E-state index contributed by atoms with van der Waals surface area (Å²) in [5.74, 6) is 0.777. The second kappa shape index (κ2) is 8.51. The first kappa shape index (κ1) is 15.5. The summed E-state index contributed by atoms with van der Waals surface area (Å²) < 4.78 is 6.52. The van der Waals surface area contributed by atoms with Crippen LogP contribution < -0.4 is 10.1 Å². The second-order valence-electron chi connectivity index (χ2n) is 4.52. The van der Waals surface area contributed by atoms with E-state index in [2.05, 4.69) is 35.1 Å². The van der Waals surface area contributed by atoms with Gasteiger partial charge >= 0.3 is 0 Å². The van der Waals surface area contributed by atoms with Crippen LogP contribution in [0, 0.1) is 0 Å². The maximum atomic E-state index is 9.79. The van der Waals surface area contributed by atoms with Crippen molar-refractivity contribution in [1.82, 2.24) is 5.32 Å². The number of ether oxygens (including phenoxy) is 1. The fraction of sp³-hybridized carbons (Fsp3) is 0.571. The first-order chi connectivity index (χ1) is 8.61. The summed E-state index contributed by atoms with van der Waals surface area (Å²) in [5.41, 5.74) is 0. The van der Waals surface area contributed by atoms with Gasteiger partial charge in [0.25, 0.3) is 0 Å². The summed E-state index contributed by atoms with van der Waals surface area (Å²) in [6, 6.07) is 8.04. The Morgan fingerprint density at radius 1 is 1.33 bits per heavy atom. The predicted octanol–water partition coefficient (Wildman–Crippen LogP) is 2.97. The number of aliphatic hydroxyl groups is 1. The molecule has 0 fully saturated rings. The molecule has 2 N–H and O–H groups in total. The van der Waals surface area contributed by atoms with Crippen molar-refractivity contribution in [1.29, 1.82) is 0 Å². The van der Waals surface area contributed by atoms with E-state index in [1.54, 1.807) is 0 Å². The molecule has 1 rings (SSSR count). The Hall–Kier alpha value is -0.580. The Morgan fingerprint density at radius 2 is 2.00 bits per heavy atom. The lowest BCUT2D eigenvalue weighted by Gasteiger charge is -2.17. The van der Waals surface area contributed by atoms with Gasteiger partial charge < -0.3 is 15.2 Å². The van der Waals surface area contributed by atoms with Crippen molar-refractivity contribution in [2.75, 3.05) is 13.2 Å². The first-order valence-electron chi connectivity index (χ1n) is 6.41. The molecule has 0 saturated carbocycles. The molecular weight excluding hydrogens is 294 g/mol. The standard InChI is InChI=1S/C14H22BrNO2/c1-3-4-11(2)16-9-13(17)10-18-14-7-5-12(15)6-8-14/h5-8,11,13,16-17H,3-4,9-10H2,1-2H3. The van der Waals surface area contributed by atoms with Crippen LogP contribution in [0.5, 0.6) is 5.75 Å². The molecule has 0 bridgehead atoms. The van der Waals surface area contributed by atoms with Crippen LogP contribution in [0.25, 0.3) is 0 Å². The van der Waals surface area contributed by atoms with Gasteiger partial charge in [-0.15, -0.1) is 0 Å². The van der Waals surface area contributed by atoms with Crippen LogP contribution in [0.4, 0.5) is 0 Å². The van der Waals surface area contributed by atoms with E-state index in [4.69, 9.17) is 4.74 Å². The van der Waals surface area contributed by atoms with Gasteiger partial charge in [0.15, 0.2) is 0 Å². The molecule has 0 aliphatic carbocycles. The number of benzene rings is 1. The van der Waals surface area contributed by atoms with Crippen LogP contribution in [0.2, 0.25) is 0 Å². The zero-order chi connectivity index (χ0) is 13.4. The molecule has 0 heterocycles. The van der Waals surface area contributed by atoms with Crippen molar-refractivity contribution in [3.05, 3.63) is 28.7 Å². The zero-order valence-electron chi connectivity index (χ0n) is 11.0. The Labute approximate surface area is 118 Å². The molecule has 0 aliphatic heterocycles. The number of hydrogen-bond donors (Lipinski definition) is 2. The van der Waals surface area contributed by atoms with E-state index < -0.39 is 6.10 Å². The summed E-state index contributed by atoms with van der Waals surface area (Å²) in [4.78, 5) is 0. The molecule has 4 heteroatoms. The molecular formula is C14H22BrNO2. The Balaban J connectivity index is 2.20. The summed E-state index contributed by atoms with van der Waals surface area (Å²) in [5, 5.41) is 13.1. The van der Waals surface area contributed by atoms with E-state index in [0.29, 0.717) is 19.2 Å². The van der Waals surface area contributed by atoms with Crippen molar-refractivity contribution < 1.29 is 9.84 Å². The molecule has 2 unspecified atom stereocenters. The topological polar surface area (TPSA) is 41.5 Å². The Bertz CT molecular complexity index is 329. The van der Waals surface area contributed by atoms with Crippen molar-refractivity contribution in [2.24, 2.45) is 0 Å². The van der Waals surface area contributed by atoms with Gasteiger partial charge in [0.05, 0.1) is 0 Å². The lowest BCUT2D eigenvalue weighted by atomic mass is 10.2. The molecule has 1 aromatic carbocycles. The van der Waals surface area contributed by atoms with E-state index >= 15 is 0 Å². The molecule has 0 radical (unpaired) electrons. The molecule has 18 heavy (non-hydrogen) atoms. The predicted molar refractivity (Wildman–Crippen MR) is 78.0 cm³/mol. The minimum atomic E-state index is -0.479. The minimum absolute atomic E-state index is 0.313. The highest BCUT2D eigenvalue weighted by atomic mass is 79.9. The van der Waals surface area contributed by atoms with Crippen molar-refractivity contribution >= 4 is 15.9 Å². The van der Waals surface area contributed by atoms with Crippen LogP contribution in [0.1, 0.15) is 26.7 Å². The van der Waals surface area contributed by atoms with E-state index in [9.17, 15) is 5.11 Å². The van der Waals surface area contributed by atoms with E-state index in [1.165, 1.54) is 0 Å². The minimum Gasteiger partial charge on any atom is -0.491 e. The average molecular weight is 316 g/mol. The van der Waals surface area contributed by atoms with Crippen LogP contribution in [0.3, 0.4) is 0 Å².